The Morgan fingerprint density at radius 3 is 2.54 bits per heavy atom. The summed E-state index contributed by atoms with van der Waals surface area (Å²) in [4.78, 5) is 27.5. The number of halogens is 1. The molecule has 26 heavy (non-hydrogen) atoms. The van der Waals surface area contributed by atoms with Crippen LogP contribution in [0.25, 0.3) is 5.69 Å². The van der Waals surface area contributed by atoms with Gasteiger partial charge in [0.05, 0.1) is 0 Å². The number of amides is 1. The predicted octanol–water partition coefficient (Wildman–Crippen LogP) is 2.90. The molecule has 0 atom stereocenters. The van der Waals surface area contributed by atoms with Crippen LogP contribution in [-0.4, -0.2) is 37.3 Å². The summed E-state index contributed by atoms with van der Waals surface area (Å²) in [6.07, 6.45) is 0.195. The van der Waals surface area contributed by atoms with E-state index in [4.69, 9.17) is 5.11 Å². The Labute approximate surface area is 151 Å². The van der Waals surface area contributed by atoms with Crippen molar-refractivity contribution < 1.29 is 19.1 Å². The lowest BCUT2D eigenvalue weighted by atomic mass is 9.98. The zero-order valence-corrected chi connectivity index (χ0v) is 15.3. The molecule has 0 aliphatic heterocycles. The summed E-state index contributed by atoms with van der Waals surface area (Å²) < 4.78 is 15.5. The molecule has 0 aliphatic rings. The molecule has 1 heterocycles. The van der Waals surface area contributed by atoms with Gasteiger partial charge in [0.1, 0.15) is 17.3 Å². The summed E-state index contributed by atoms with van der Waals surface area (Å²) >= 11 is 0. The molecule has 1 amide bonds. The van der Waals surface area contributed by atoms with E-state index in [2.05, 4.69) is 15.4 Å². The molecular weight excluding hydrogens is 339 g/mol. The minimum absolute atomic E-state index is 0.0678. The quantitative estimate of drug-likeness (QED) is 0.789. The molecule has 2 aromatic rings. The molecule has 1 aromatic carbocycles. The van der Waals surface area contributed by atoms with Crippen LogP contribution in [-0.2, 0) is 4.79 Å². The van der Waals surface area contributed by atoms with E-state index < -0.39 is 23.2 Å². The van der Waals surface area contributed by atoms with Gasteiger partial charge in [-0.25, -0.2) is 14.1 Å². The van der Waals surface area contributed by atoms with Crippen LogP contribution in [0.1, 0.15) is 62.9 Å². The molecule has 140 valence electrons. The van der Waals surface area contributed by atoms with E-state index in [9.17, 15) is 14.0 Å². The third-order valence-corrected chi connectivity index (χ3v) is 3.85. The molecule has 0 aliphatic carbocycles. The van der Waals surface area contributed by atoms with Gasteiger partial charge in [-0.15, -0.1) is 5.10 Å². The van der Waals surface area contributed by atoms with Gasteiger partial charge in [-0.05, 0) is 32.4 Å². The largest absolute Gasteiger partial charge is 0.481 e. The summed E-state index contributed by atoms with van der Waals surface area (Å²) in [6.45, 7) is 7.20. The number of benzene rings is 1. The lowest BCUT2D eigenvalue weighted by Crippen LogP contribution is -2.44. The van der Waals surface area contributed by atoms with Crippen molar-refractivity contribution in [1.82, 2.24) is 20.1 Å². The Bertz CT molecular complexity index is 815. The van der Waals surface area contributed by atoms with Gasteiger partial charge < -0.3 is 10.4 Å². The summed E-state index contributed by atoms with van der Waals surface area (Å²) in [6, 6.07) is 6.13. The fourth-order valence-electron chi connectivity index (χ4n) is 2.44. The molecule has 0 radical (unpaired) electrons. The predicted molar refractivity (Wildman–Crippen MR) is 93.8 cm³/mol. The number of para-hydroxylation sites is 1. The smallest absolute Gasteiger partial charge is 0.303 e. The van der Waals surface area contributed by atoms with Crippen LogP contribution in [0.2, 0.25) is 0 Å². The van der Waals surface area contributed by atoms with Crippen molar-refractivity contribution in [1.29, 1.82) is 0 Å². The maximum Gasteiger partial charge on any atom is 0.303 e. The van der Waals surface area contributed by atoms with E-state index in [-0.39, 0.29) is 30.3 Å². The number of hydrogen-bond donors (Lipinski definition) is 2. The standard InChI is InChI=1S/C18H23FN4O3/c1-11(2)16-20-15(17(26)21-18(3,4)10-9-14(24)25)22-23(16)13-8-6-5-7-12(13)19/h5-8,11H,9-10H2,1-4H3,(H,21,26)(H,24,25). The fraction of sp³-hybridized carbons (Fsp3) is 0.444. The number of aliphatic carboxylic acids is 1. The molecule has 0 saturated carbocycles. The highest BCUT2D eigenvalue weighted by Gasteiger charge is 2.26. The van der Waals surface area contributed by atoms with E-state index in [0.717, 1.165) is 0 Å². The molecule has 8 heteroatoms. The molecule has 0 fully saturated rings. The average molecular weight is 362 g/mol. The molecule has 0 saturated heterocycles. The maximum absolute atomic E-state index is 14.1. The van der Waals surface area contributed by atoms with Gasteiger partial charge in [-0.1, -0.05) is 26.0 Å². The minimum atomic E-state index is -0.934. The highest BCUT2D eigenvalue weighted by molar-refractivity contribution is 5.91. The van der Waals surface area contributed by atoms with Crippen LogP contribution in [0.3, 0.4) is 0 Å². The molecule has 0 unspecified atom stereocenters. The second-order valence-corrected chi connectivity index (χ2v) is 7.04. The monoisotopic (exact) mass is 362 g/mol. The van der Waals surface area contributed by atoms with Crippen LogP contribution in [0.15, 0.2) is 24.3 Å². The molecule has 2 N–H and O–H groups in total. The number of rotatable bonds is 7. The van der Waals surface area contributed by atoms with Crippen LogP contribution in [0.5, 0.6) is 0 Å². The van der Waals surface area contributed by atoms with Crippen LogP contribution in [0, 0.1) is 5.82 Å². The topological polar surface area (TPSA) is 97.1 Å². The van der Waals surface area contributed by atoms with Crippen molar-refractivity contribution in [3.63, 3.8) is 0 Å². The number of nitrogens with one attached hydrogen (secondary N) is 1. The highest BCUT2D eigenvalue weighted by atomic mass is 19.1. The van der Waals surface area contributed by atoms with Crippen LogP contribution in [0.4, 0.5) is 4.39 Å². The molecule has 1 aromatic heterocycles. The summed E-state index contributed by atoms with van der Waals surface area (Å²) in [5, 5.41) is 15.7. The zero-order valence-electron chi connectivity index (χ0n) is 15.3. The van der Waals surface area contributed by atoms with E-state index in [1.807, 2.05) is 13.8 Å². The van der Waals surface area contributed by atoms with Crippen molar-refractivity contribution >= 4 is 11.9 Å². The van der Waals surface area contributed by atoms with E-state index in [1.165, 1.54) is 10.7 Å². The number of carbonyl (C=O) groups is 2. The first kappa shape index (κ1) is 19.6. The van der Waals surface area contributed by atoms with Gasteiger partial charge >= 0.3 is 5.97 Å². The molecular formula is C18H23FN4O3. The minimum Gasteiger partial charge on any atom is -0.481 e. The van der Waals surface area contributed by atoms with Crippen molar-refractivity contribution in [2.75, 3.05) is 0 Å². The fourth-order valence-corrected chi connectivity index (χ4v) is 2.44. The Morgan fingerprint density at radius 2 is 1.96 bits per heavy atom. The molecule has 0 bridgehead atoms. The molecule has 7 nitrogen and oxygen atoms in total. The second-order valence-electron chi connectivity index (χ2n) is 7.04. The van der Waals surface area contributed by atoms with Gasteiger partial charge in [-0.2, -0.15) is 0 Å². The Hall–Kier alpha value is -2.77. The Kier molecular flexibility index (Phi) is 5.74. The van der Waals surface area contributed by atoms with Gasteiger partial charge in [-0.3, -0.25) is 9.59 Å². The number of hydrogen-bond acceptors (Lipinski definition) is 4. The Balaban J connectivity index is 2.30. The molecule has 2 rings (SSSR count). The van der Waals surface area contributed by atoms with Crippen LogP contribution < -0.4 is 5.32 Å². The second kappa shape index (κ2) is 7.63. The van der Waals surface area contributed by atoms with Crippen molar-refractivity contribution in [3.05, 3.63) is 41.7 Å². The maximum atomic E-state index is 14.1. The third-order valence-electron chi connectivity index (χ3n) is 3.85. The van der Waals surface area contributed by atoms with E-state index >= 15 is 0 Å². The summed E-state index contributed by atoms with van der Waals surface area (Å²) in [5.41, 5.74) is -0.524. The highest BCUT2D eigenvalue weighted by Crippen LogP contribution is 2.20. The number of aromatic nitrogens is 3. The first-order chi connectivity index (χ1) is 12.1. The number of carboxylic acids is 1. The number of carboxylic acid groups (broad SMARTS) is 1. The molecule has 0 spiro atoms. The van der Waals surface area contributed by atoms with E-state index in [0.29, 0.717) is 5.82 Å². The third kappa shape index (κ3) is 4.65. The van der Waals surface area contributed by atoms with Crippen molar-refractivity contribution in [2.45, 2.75) is 52.0 Å². The van der Waals surface area contributed by atoms with Gasteiger partial charge in [0.25, 0.3) is 5.91 Å². The van der Waals surface area contributed by atoms with E-state index in [1.54, 1.807) is 32.0 Å². The first-order valence-corrected chi connectivity index (χ1v) is 8.37. The van der Waals surface area contributed by atoms with Gasteiger partial charge in [0.2, 0.25) is 5.82 Å². The number of nitrogens with zero attached hydrogens (tertiary/aromatic N) is 3. The van der Waals surface area contributed by atoms with Crippen molar-refractivity contribution in [3.8, 4) is 5.69 Å². The first-order valence-electron chi connectivity index (χ1n) is 8.37. The van der Waals surface area contributed by atoms with Gasteiger partial charge in [0, 0.05) is 17.9 Å². The summed E-state index contributed by atoms with van der Waals surface area (Å²) in [5.74, 6) is -1.63. The average Bonchev–Trinajstić information content (AvgIpc) is 2.98. The lowest BCUT2D eigenvalue weighted by molar-refractivity contribution is -0.137. The Morgan fingerprint density at radius 1 is 1.31 bits per heavy atom. The zero-order chi connectivity index (χ0) is 19.5. The SMILES string of the molecule is CC(C)c1nc(C(=O)NC(C)(C)CCC(=O)O)nn1-c1ccccc1F. The number of carbonyl (C=O) groups excluding carboxylic acids is 1. The summed E-state index contributed by atoms with van der Waals surface area (Å²) in [7, 11) is 0. The van der Waals surface area contributed by atoms with Crippen LogP contribution >= 0.6 is 0 Å². The van der Waals surface area contributed by atoms with Crippen molar-refractivity contribution in [2.24, 2.45) is 0 Å². The normalized spacial score (nSPS) is 11.6. The van der Waals surface area contributed by atoms with Gasteiger partial charge in [0.15, 0.2) is 0 Å². The lowest BCUT2D eigenvalue weighted by Gasteiger charge is -2.24.